The van der Waals surface area contributed by atoms with Gasteiger partial charge in [-0.2, -0.15) is 0 Å². The summed E-state index contributed by atoms with van der Waals surface area (Å²) in [7, 11) is 0. The lowest BCUT2D eigenvalue weighted by molar-refractivity contribution is 0.942. The van der Waals surface area contributed by atoms with Crippen molar-refractivity contribution >= 4 is 0 Å². The third kappa shape index (κ3) is 0.455. The Balaban J connectivity index is 2.37. The predicted molar refractivity (Wildman–Crippen MR) is 22.8 cm³/mol. The van der Waals surface area contributed by atoms with Crippen molar-refractivity contribution < 1.29 is 0 Å². The Morgan fingerprint density at radius 1 is 1.33 bits per heavy atom. The SMILES string of the molecule is [C]=C1NCCN1. The summed E-state index contributed by atoms with van der Waals surface area (Å²) in [6.45, 7) is 8.63. The highest BCUT2D eigenvalue weighted by molar-refractivity contribution is 4.90. The van der Waals surface area contributed by atoms with Crippen LogP contribution in [0, 0.1) is 6.58 Å². The van der Waals surface area contributed by atoms with Gasteiger partial charge in [-0.05, 0) is 0 Å². The standard InChI is InChI=1S/C4H6N2/c1-4-5-2-3-6-4/h5-6H,2-3H2. The zero-order valence-electron chi connectivity index (χ0n) is 3.41. The molecule has 1 aliphatic rings. The van der Waals surface area contributed by atoms with Crippen LogP contribution in [0.1, 0.15) is 0 Å². The molecule has 6 heavy (non-hydrogen) atoms. The quantitative estimate of drug-likeness (QED) is 0.405. The Kier molecular flexibility index (Phi) is 0.708. The van der Waals surface area contributed by atoms with Gasteiger partial charge in [0.25, 0.3) is 0 Å². The van der Waals surface area contributed by atoms with Crippen LogP contribution in [0.15, 0.2) is 5.82 Å². The lowest BCUT2D eigenvalue weighted by Gasteiger charge is -1.87. The van der Waals surface area contributed by atoms with Crippen LogP contribution in [-0.4, -0.2) is 13.1 Å². The maximum atomic E-state index is 6.83. The van der Waals surface area contributed by atoms with E-state index in [1.54, 1.807) is 0 Å². The topological polar surface area (TPSA) is 24.1 Å². The summed E-state index contributed by atoms with van der Waals surface area (Å²) in [6, 6.07) is 0. The van der Waals surface area contributed by atoms with E-state index in [9.17, 15) is 0 Å². The van der Waals surface area contributed by atoms with Gasteiger partial charge in [-0.1, -0.05) is 0 Å². The summed E-state index contributed by atoms with van der Waals surface area (Å²) in [5.74, 6) is 0.454. The number of nitrogens with one attached hydrogen (secondary N) is 2. The van der Waals surface area contributed by atoms with E-state index in [4.69, 9.17) is 6.58 Å². The number of hydrogen-bond acceptors (Lipinski definition) is 2. The third-order valence-corrected chi connectivity index (χ3v) is 0.729. The van der Waals surface area contributed by atoms with Crippen molar-refractivity contribution in [2.45, 2.75) is 0 Å². The van der Waals surface area contributed by atoms with Crippen LogP contribution in [0.2, 0.25) is 0 Å². The molecule has 0 saturated carbocycles. The molecule has 0 atom stereocenters. The highest BCUT2D eigenvalue weighted by Crippen LogP contribution is 1.79. The van der Waals surface area contributed by atoms with Crippen LogP contribution in [0.3, 0.4) is 0 Å². The Bertz CT molecular complexity index is 59.9. The Morgan fingerprint density at radius 3 is 2.00 bits per heavy atom. The Labute approximate surface area is 37.2 Å². The lowest BCUT2D eigenvalue weighted by Crippen LogP contribution is -2.06. The molecule has 0 spiro atoms. The molecular formula is C4H6N2. The minimum Gasteiger partial charge on any atom is -0.370 e. The summed E-state index contributed by atoms with van der Waals surface area (Å²) in [5, 5.41) is 5.58. The zero-order chi connectivity index (χ0) is 4.41. The maximum absolute atomic E-state index is 6.83. The summed E-state index contributed by atoms with van der Waals surface area (Å²) in [5.41, 5.74) is 0. The van der Waals surface area contributed by atoms with E-state index in [0.29, 0.717) is 5.82 Å². The molecule has 0 aromatic heterocycles. The van der Waals surface area contributed by atoms with Crippen LogP contribution in [0.5, 0.6) is 0 Å². The molecule has 2 nitrogen and oxygen atoms in total. The van der Waals surface area contributed by atoms with Gasteiger partial charge in [0.1, 0.15) is 5.82 Å². The maximum Gasteiger partial charge on any atom is 0.108 e. The molecule has 0 unspecified atom stereocenters. The van der Waals surface area contributed by atoms with Crippen molar-refractivity contribution in [3.8, 4) is 0 Å². The molecule has 1 fully saturated rings. The Hall–Kier alpha value is -0.660. The molecule has 1 saturated heterocycles. The first-order valence-corrected chi connectivity index (χ1v) is 1.96. The molecule has 1 rings (SSSR count). The fourth-order valence-electron chi connectivity index (χ4n) is 0.437. The van der Waals surface area contributed by atoms with E-state index >= 15 is 0 Å². The van der Waals surface area contributed by atoms with Crippen molar-refractivity contribution in [1.29, 1.82) is 0 Å². The summed E-state index contributed by atoms with van der Waals surface area (Å²) < 4.78 is 0. The van der Waals surface area contributed by atoms with Gasteiger partial charge in [-0.25, -0.2) is 0 Å². The van der Waals surface area contributed by atoms with Gasteiger partial charge in [0.2, 0.25) is 0 Å². The summed E-state index contributed by atoms with van der Waals surface area (Å²) in [4.78, 5) is 0. The van der Waals surface area contributed by atoms with Gasteiger partial charge in [0.05, 0.1) is 0 Å². The van der Waals surface area contributed by atoms with Crippen LogP contribution in [-0.2, 0) is 0 Å². The van der Waals surface area contributed by atoms with Crippen molar-refractivity contribution in [3.05, 3.63) is 12.4 Å². The molecule has 0 amide bonds. The second-order valence-electron chi connectivity index (χ2n) is 1.23. The molecule has 1 heterocycles. The highest BCUT2D eigenvalue weighted by Gasteiger charge is 1.96. The molecule has 2 N–H and O–H groups in total. The largest absolute Gasteiger partial charge is 0.370 e. The minimum absolute atomic E-state index is 0.454. The van der Waals surface area contributed by atoms with E-state index in [-0.39, 0.29) is 0 Å². The first-order chi connectivity index (χ1) is 2.89. The second kappa shape index (κ2) is 1.20. The monoisotopic (exact) mass is 82.1 g/mol. The smallest absolute Gasteiger partial charge is 0.108 e. The molecule has 32 valence electrons. The predicted octanol–water partition coefficient (Wildman–Crippen LogP) is -0.669. The first kappa shape index (κ1) is 3.53. The van der Waals surface area contributed by atoms with Crippen molar-refractivity contribution in [2.75, 3.05) is 13.1 Å². The summed E-state index contributed by atoms with van der Waals surface area (Å²) in [6.07, 6.45) is 0. The average molecular weight is 82.1 g/mol. The van der Waals surface area contributed by atoms with Gasteiger partial charge in [-0.3, -0.25) is 0 Å². The van der Waals surface area contributed by atoms with E-state index in [1.807, 2.05) is 0 Å². The number of rotatable bonds is 0. The van der Waals surface area contributed by atoms with E-state index in [2.05, 4.69) is 10.6 Å². The molecule has 2 radical (unpaired) electrons. The molecule has 0 aromatic rings. The number of hydrogen-bond donors (Lipinski definition) is 2. The molecular weight excluding hydrogens is 76.1 g/mol. The zero-order valence-corrected chi connectivity index (χ0v) is 3.41. The van der Waals surface area contributed by atoms with Crippen molar-refractivity contribution in [1.82, 2.24) is 10.6 Å². The van der Waals surface area contributed by atoms with Crippen LogP contribution < -0.4 is 10.6 Å². The lowest BCUT2D eigenvalue weighted by atomic mass is 10.7. The highest BCUT2D eigenvalue weighted by atomic mass is 15.1. The average Bonchev–Trinajstić information content (AvgIpc) is 1.86. The fraction of sp³-hybridized carbons (Fsp3) is 0.500. The van der Waals surface area contributed by atoms with Gasteiger partial charge >= 0.3 is 0 Å². The third-order valence-electron chi connectivity index (χ3n) is 0.729. The minimum atomic E-state index is 0.454. The fourth-order valence-corrected chi connectivity index (χ4v) is 0.437. The van der Waals surface area contributed by atoms with Crippen molar-refractivity contribution in [2.24, 2.45) is 0 Å². The molecule has 1 aliphatic heterocycles. The second-order valence-corrected chi connectivity index (χ2v) is 1.23. The van der Waals surface area contributed by atoms with Crippen molar-refractivity contribution in [3.63, 3.8) is 0 Å². The van der Waals surface area contributed by atoms with Gasteiger partial charge in [0.15, 0.2) is 0 Å². The van der Waals surface area contributed by atoms with Crippen LogP contribution >= 0.6 is 0 Å². The van der Waals surface area contributed by atoms with Gasteiger partial charge < -0.3 is 10.6 Å². The van der Waals surface area contributed by atoms with E-state index in [0.717, 1.165) is 13.1 Å². The van der Waals surface area contributed by atoms with E-state index < -0.39 is 0 Å². The Morgan fingerprint density at radius 2 is 1.83 bits per heavy atom. The van der Waals surface area contributed by atoms with E-state index in [1.165, 1.54) is 0 Å². The van der Waals surface area contributed by atoms with Crippen LogP contribution in [0.25, 0.3) is 0 Å². The normalized spacial score (nSPS) is 19.7. The van der Waals surface area contributed by atoms with Gasteiger partial charge in [-0.15, -0.1) is 0 Å². The first-order valence-electron chi connectivity index (χ1n) is 1.96. The molecule has 0 bridgehead atoms. The van der Waals surface area contributed by atoms with Gasteiger partial charge in [0, 0.05) is 19.7 Å². The molecule has 0 aliphatic carbocycles. The molecule has 0 aromatic carbocycles. The summed E-state index contributed by atoms with van der Waals surface area (Å²) >= 11 is 0. The van der Waals surface area contributed by atoms with Crippen LogP contribution in [0.4, 0.5) is 0 Å². The molecule has 2 heteroatoms.